The van der Waals surface area contributed by atoms with Crippen molar-refractivity contribution in [2.75, 3.05) is 6.61 Å². The molecule has 13 heavy (non-hydrogen) atoms. The van der Waals surface area contributed by atoms with Gasteiger partial charge in [-0.25, -0.2) is 4.98 Å². The van der Waals surface area contributed by atoms with E-state index in [2.05, 4.69) is 16.5 Å². The maximum Gasteiger partial charge on any atom is 0.139 e. The van der Waals surface area contributed by atoms with E-state index in [1.807, 2.05) is 20.8 Å². The highest BCUT2D eigenvalue weighted by Crippen LogP contribution is 2.13. The second-order valence-corrected chi connectivity index (χ2v) is 2.80. The third-order valence-corrected chi connectivity index (χ3v) is 1.66. The Morgan fingerprint density at radius 1 is 1.54 bits per heavy atom. The highest BCUT2D eigenvalue weighted by atomic mass is 16.5. The van der Waals surface area contributed by atoms with Gasteiger partial charge in [-0.3, -0.25) is 4.98 Å². The van der Waals surface area contributed by atoms with E-state index in [4.69, 9.17) is 4.74 Å². The lowest BCUT2D eigenvalue weighted by Crippen LogP contribution is -2.00. The fourth-order valence-corrected chi connectivity index (χ4v) is 1.04. The number of ether oxygens (including phenoxy) is 1. The topological polar surface area (TPSA) is 35.0 Å². The summed E-state index contributed by atoms with van der Waals surface area (Å²) in [6.07, 6.45) is 1.73. The Kier molecular flexibility index (Phi) is 3.01. The predicted molar refractivity (Wildman–Crippen MR) is 52.2 cm³/mol. The molecule has 1 rings (SSSR count). The van der Waals surface area contributed by atoms with Crippen molar-refractivity contribution < 1.29 is 4.74 Å². The molecule has 0 saturated heterocycles. The van der Waals surface area contributed by atoms with Crippen LogP contribution in [0.4, 0.5) is 0 Å². The van der Waals surface area contributed by atoms with Crippen molar-refractivity contribution in [2.45, 2.75) is 20.8 Å². The van der Waals surface area contributed by atoms with E-state index >= 15 is 0 Å². The zero-order valence-corrected chi connectivity index (χ0v) is 8.29. The minimum Gasteiger partial charge on any atom is -0.492 e. The minimum atomic E-state index is 0.594. The van der Waals surface area contributed by atoms with Gasteiger partial charge in [0.1, 0.15) is 11.5 Å². The second-order valence-electron chi connectivity index (χ2n) is 2.80. The molecule has 0 aliphatic rings. The van der Waals surface area contributed by atoms with E-state index in [1.165, 1.54) is 0 Å². The van der Waals surface area contributed by atoms with E-state index in [1.54, 1.807) is 6.20 Å². The summed E-state index contributed by atoms with van der Waals surface area (Å²) in [4.78, 5) is 8.48. The Balaban J connectivity index is 2.99. The minimum absolute atomic E-state index is 0.594. The molecule has 0 aliphatic carbocycles. The lowest BCUT2D eigenvalue weighted by molar-refractivity contribution is 0.297. The van der Waals surface area contributed by atoms with Crippen molar-refractivity contribution in [3.8, 4) is 0 Å². The van der Waals surface area contributed by atoms with Crippen molar-refractivity contribution >= 4 is 5.76 Å². The molecule has 0 N–H and O–H groups in total. The standard InChI is InChI=1S/C10H14N2O/c1-5-13-9(4)10-8(3)11-6-7(2)12-10/h6H,4-5H2,1-3H3. The molecule has 0 aliphatic heterocycles. The summed E-state index contributed by atoms with van der Waals surface area (Å²) in [5.41, 5.74) is 2.48. The first-order chi connectivity index (χ1) is 6.15. The van der Waals surface area contributed by atoms with Crippen LogP contribution < -0.4 is 0 Å². The van der Waals surface area contributed by atoms with Gasteiger partial charge in [0.05, 0.1) is 18.0 Å². The summed E-state index contributed by atoms with van der Waals surface area (Å²) < 4.78 is 5.27. The van der Waals surface area contributed by atoms with Crippen molar-refractivity contribution in [1.82, 2.24) is 9.97 Å². The zero-order chi connectivity index (χ0) is 9.84. The van der Waals surface area contributed by atoms with Crippen LogP contribution in [0.25, 0.3) is 5.76 Å². The number of nitrogens with zero attached hydrogens (tertiary/aromatic N) is 2. The molecule has 0 fully saturated rings. The average Bonchev–Trinajstić information content (AvgIpc) is 2.09. The SMILES string of the molecule is C=C(OCC)c1nc(C)cnc1C. The molecule has 3 heteroatoms. The third kappa shape index (κ3) is 2.28. The predicted octanol–water partition coefficient (Wildman–Crippen LogP) is 2.10. The smallest absolute Gasteiger partial charge is 0.139 e. The highest BCUT2D eigenvalue weighted by Gasteiger charge is 2.06. The average molecular weight is 178 g/mol. The molecular formula is C10H14N2O. The van der Waals surface area contributed by atoms with Crippen molar-refractivity contribution in [3.63, 3.8) is 0 Å². The summed E-state index contributed by atoms with van der Waals surface area (Å²) in [5.74, 6) is 0.594. The Morgan fingerprint density at radius 2 is 2.23 bits per heavy atom. The Bertz CT molecular complexity index is 321. The molecule has 0 spiro atoms. The van der Waals surface area contributed by atoms with Gasteiger partial charge in [0.25, 0.3) is 0 Å². The number of aromatic nitrogens is 2. The van der Waals surface area contributed by atoms with Crippen molar-refractivity contribution in [3.05, 3.63) is 29.9 Å². The lowest BCUT2D eigenvalue weighted by Gasteiger charge is -2.08. The summed E-state index contributed by atoms with van der Waals surface area (Å²) in [6.45, 7) is 10.1. The lowest BCUT2D eigenvalue weighted by atomic mass is 10.3. The maximum atomic E-state index is 5.27. The number of hydrogen-bond acceptors (Lipinski definition) is 3. The van der Waals surface area contributed by atoms with Crippen molar-refractivity contribution in [2.24, 2.45) is 0 Å². The van der Waals surface area contributed by atoms with Crippen LogP contribution in [0.3, 0.4) is 0 Å². The maximum absolute atomic E-state index is 5.27. The van der Waals surface area contributed by atoms with E-state index in [0.29, 0.717) is 12.4 Å². The molecule has 70 valence electrons. The van der Waals surface area contributed by atoms with Gasteiger partial charge < -0.3 is 4.74 Å². The van der Waals surface area contributed by atoms with Gasteiger partial charge in [0.15, 0.2) is 0 Å². The number of aryl methyl sites for hydroxylation is 2. The molecular weight excluding hydrogens is 164 g/mol. The van der Waals surface area contributed by atoms with Crippen LogP contribution in [-0.4, -0.2) is 16.6 Å². The largest absolute Gasteiger partial charge is 0.492 e. The molecule has 0 atom stereocenters. The van der Waals surface area contributed by atoms with E-state index in [9.17, 15) is 0 Å². The Morgan fingerprint density at radius 3 is 2.85 bits per heavy atom. The van der Waals surface area contributed by atoms with Crippen LogP contribution in [0.5, 0.6) is 0 Å². The molecule has 1 heterocycles. The van der Waals surface area contributed by atoms with Crippen LogP contribution in [0.2, 0.25) is 0 Å². The first kappa shape index (κ1) is 9.71. The first-order valence-electron chi connectivity index (χ1n) is 4.27. The van der Waals surface area contributed by atoms with Crippen LogP contribution in [0.15, 0.2) is 12.8 Å². The molecule has 0 aromatic carbocycles. The summed E-state index contributed by atoms with van der Waals surface area (Å²) >= 11 is 0. The molecule has 3 nitrogen and oxygen atoms in total. The van der Waals surface area contributed by atoms with Gasteiger partial charge in [-0.15, -0.1) is 0 Å². The molecule has 0 unspecified atom stereocenters. The highest BCUT2D eigenvalue weighted by molar-refractivity contribution is 5.55. The first-order valence-corrected chi connectivity index (χ1v) is 4.27. The second kappa shape index (κ2) is 4.03. The van der Waals surface area contributed by atoms with Gasteiger partial charge in [-0.05, 0) is 20.8 Å². The van der Waals surface area contributed by atoms with Crippen LogP contribution in [-0.2, 0) is 4.74 Å². The van der Waals surface area contributed by atoms with Gasteiger partial charge in [0.2, 0.25) is 0 Å². The van der Waals surface area contributed by atoms with Crippen LogP contribution in [0, 0.1) is 13.8 Å². The molecule has 1 aromatic heterocycles. The van der Waals surface area contributed by atoms with Crippen LogP contribution >= 0.6 is 0 Å². The summed E-state index contributed by atoms with van der Waals surface area (Å²) in [5, 5.41) is 0. The van der Waals surface area contributed by atoms with E-state index in [0.717, 1.165) is 17.1 Å². The Hall–Kier alpha value is -1.38. The summed E-state index contributed by atoms with van der Waals surface area (Å²) in [6, 6.07) is 0. The van der Waals surface area contributed by atoms with Crippen LogP contribution in [0.1, 0.15) is 24.0 Å². The van der Waals surface area contributed by atoms with E-state index in [-0.39, 0.29) is 0 Å². The third-order valence-electron chi connectivity index (χ3n) is 1.66. The molecule has 0 saturated carbocycles. The monoisotopic (exact) mass is 178 g/mol. The quantitative estimate of drug-likeness (QED) is 0.665. The molecule has 0 radical (unpaired) electrons. The van der Waals surface area contributed by atoms with Gasteiger partial charge in [-0.2, -0.15) is 0 Å². The fourth-order valence-electron chi connectivity index (χ4n) is 1.04. The van der Waals surface area contributed by atoms with Crippen molar-refractivity contribution in [1.29, 1.82) is 0 Å². The molecule has 0 amide bonds. The van der Waals surface area contributed by atoms with Gasteiger partial charge in [0, 0.05) is 6.20 Å². The normalized spacial score (nSPS) is 9.77. The molecule has 0 bridgehead atoms. The number of rotatable bonds is 3. The van der Waals surface area contributed by atoms with Gasteiger partial charge >= 0.3 is 0 Å². The van der Waals surface area contributed by atoms with E-state index < -0.39 is 0 Å². The molecule has 1 aromatic rings. The van der Waals surface area contributed by atoms with Gasteiger partial charge in [-0.1, -0.05) is 6.58 Å². The Labute approximate surface area is 78.5 Å². The fraction of sp³-hybridized carbons (Fsp3) is 0.400. The summed E-state index contributed by atoms with van der Waals surface area (Å²) in [7, 11) is 0. The number of hydrogen-bond donors (Lipinski definition) is 0. The zero-order valence-electron chi connectivity index (χ0n) is 8.29.